The van der Waals surface area contributed by atoms with E-state index in [4.69, 9.17) is 0 Å². The van der Waals surface area contributed by atoms with Gasteiger partial charge in [0.1, 0.15) is 11.4 Å². The molecule has 7 nitrogen and oxygen atoms in total. The van der Waals surface area contributed by atoms with Crippen LogP contribution in [0.1, 0.15) is 51.7 Å². The Bertz CT molecular complexity index is 1050. The Hall–Kier alpha value is -3.29. The number of carbonyl (C=O) groups is 2. The third kappa shape index (κ3) is 3.11. The lowest BCUT2D eigenvalue weighted by Crippen LogP contribution is -2.39. The minimum absolute atomic E-state index is 0.215. The standard InChI is InChI=1S/C20H20FN5O2/c1-22-19(27)15-12-24-26-17(8-9-23-18(15)26)16-7-2-3-10-25(16)20(28)13-5-4-6-14(21)11-13/h4-6,8-9,11-12,16H,2-3,7,10H2,1H3,(H,22,27)/t16-/m0/s1. The van der Waals surface area contributed by atoms with E-state index in [0.29, 0.717) is 23.3 Å². The molecule has 1 atom stereocenters. The van der Waals surface area contributed by atoms with Crippen molar-refractivity contribution in [3.05, 3.63) is 65.4 Å². The highest BCUT2D eigenvalue weighted by Crippen LogP contribution is 2.32. The Labute approximate surface area is 161 Å². The van der Waals surface area contributed by atoms with Gasteiger partial charge in [-0.25, -0.2) is 13.9 Å². The third-order valence-corrected chi connectivity index (χ3v) is 5.08. The summed E-state index contributed by atoms with van der Waals surface area (Å²) >= 11 is 0. The zero-order valence-electron chi connectivity index (χ0n) is 15.4. The maximum absolute atomic E-state index is 13.6. The lowest BCUT2D eigenvalue weighted by molar-refractivity contribution is 0.0602. The molecule has 2 aromatic heterocycles. The van der Waals surface area contributed by atoms with Crippen LogP contribution < -0.4 is 5.32 Å². The Morgan fingerprint density at radius 1 is 1.25 bits per heavy atom. The fourth-order valence-electron chi connectivity index (χ4n) is 3.73. The second-order valence-electron chi connectivity index (χ2n) is 6.76. The topological polar surface area (TPSA) is 79.6 Å². The zero-order chi connectivity index (χ0) is 19.7. The Morgan fingerprint density at radius 3 is 2.89 bits per heavy atom. The number of rotatable bonds is 3. The van der Waals surface area contributed by atoms with Crippen molar-refractivity contribution >= 4 is 17.5 Å². The van der Waals surface area contributed by atoms with Gasteiger partial charge in [0, 0.05) is 25.4 Å². The quantitative estimate of drug-likeness (QED) is 0.756. The van der Waals surface area contributed by atoms with Crippen molar-refractivity contribution in [1.82, 2.24) is 24.8 Å². The summed E-state index contributed by atoms with van der Waals surface area (Å²) in [6.07, 6.45) is 5.71. The first kappa shape index (κ1) is 18.1. The van der Waals surface area contributed by atoms with Crippen LogP contribution in [0.4, 0.5) is 4.39 Å². The molecule has 0 spiro atoms. The van der Waals surface area contributed by atoms with Gasteiger partial charge in [-0.15, -0.1) is 0 Å². The van der Waals surface area contributed by atoms with E-state index in [0.717, 1.165) is 25.0 Å². The van der Waals surface area contributed by atoms with E-state index < -0.39 is 5.82 Å². The molecule has 8 heteroatoms. The monoisotopic (exact) mass is 381 g/mol. The number of nitrogens with one attached hydrogen (secondary N) is 1. The van der Waals surface area contributed by atoms with Gasteiger partial charge in [0.05, 0.1) is 17.9 Å². The molecule has 0 aliphatic carbocycles. The maximum atomic E-state index is 13.6. The normalized spacial score (nSPS) is 16.9. The van der Waals surface area contributed by atoms with E-state index >= 15 is 0 Å². The minimum Gasteiger partial charge on any atom is -0.355 e. The van der Waals surface area contributed by atoms with Crippen LogP contribution in [0, 0.1) is 5.82 Å². The molecule has 1 saturated heterocycles. The summed E-state index contributed by atoms with van der Waals surface area (Å²) in [6, 6.07) is 7.32. The average Bonchev–Trinajstić information content (AvgIpc) is 3.17. The molecule has 0 bridgehead atoms. The van der Waals surface area contributed by atoms with Crippen molar-refractivity contribution in [2.24, 2.45) is 0 Å². The van der Waals surface area contributed by atoms with Gasteiger partial charge < -0.3 is 10.2 Å². The van der Waals surface area contributed by atoms with E-state index in [-0.39, 0.29) is 17.9 Å². The van der Waals surface area contributed by atoms with Crippen molar-refractivity contribution in [2.45, 2.75) is 25.3 Å². The number of aromatic nitrogens is 3. The predicted octanol–water partition coefficient (Wildman–Crippen LogP) is 2.60. The van der Waals surface area contributed by atoms with Crippen molar-refractivity contribution in [3.8, 4) is 0 Å². The molecule has 0 radical (unpaired) electrons. The highest BCUT2D eigenvalue weighted by Gasteiger charge is 2.31. The van der Waals surface area contributed by atoms with Gasteiger partial charge in [0.25, 0.3) is 11.8 Å². The zero-order valence-corrected chi connectivity index (χ0v) is 15.4. The van der Waals surface area contributed by atoms with Crippen molar-refractivity contribution < 1.29 is 14.0 Å². The van der Waals surface area contributed by atoms with Gasteiger partial charge in [-0.05, 0) is 43.5 Å². The number of likely N-dealkylation sites (tertiary alicyclic amines) is 1. The third-order valence-electron chi connectivity index (χ3n) is 5.08. The average molecular weight is 381 g/mol. The van der Waals surface area contributed by atoms with Crippen LogP contribution in [0.5, 0.6) is 0 Å². The Kier molecular flexibility index (Phi) is 4.77. The smallest absolute Gasteiger partial charge is 0.256 e. The van der Waals surface area contributed by atoms with E-state index in [9.17, 15) is 14.0 Å². The van der Waals surface area contributed by atoms with Crippen LogP contribution in [0.15, 0.2) is 42.7 Å². The van der Waals surface area contributed by atoms with Gasteiger partial charge in [0.2, 0.25) is 0 Å². The molecular weight excluding hydrogens is 361 g/mol. The van der Waals surface area contributed by atoms with Crippen LogP contribution in [-0.4, -0.2) is 44.9 Å². The molecule has 144 valence electrons. The summed E-state index contributed by atoms with van der Waals surface area (Å²) in [6.45, 7) is 0.577. The Balaban J connectivity index is 1.75. The number of piperidine rings is 1. The number of hydrogen-bond donors (Lipinski definition) is 1. The van der Waals surface area contributed by atoms with E-state index in [1.807, 2.05) is 6.07 Å². The molecule has 1 fully saturated rings. The number of nitrogens with zero attached hydrogens (tertiary/aromatic N) is 4. The summed E-state index contributed by atoms with van der Waals surface area (Å²) in [4.78, 5) is 31.2. The van der Waals surface area contributed by atoms with E-state index in [2.05, 4.69) is 15.4 Å². The van der Waals surface area contributed by atoms with Crippen LogP contribution >= 0.6 is 0 Å². The lowest BCUT2D eigenvalue weighted by atomic mass is 9.97. The first-order valence-electron chi connectivity index (χ1n) is 9.21. The van der Waals surface area contributed by atoms with E-state index in [1.165, 1.54) is 24.4 Å². The summed E-state index contributed by atoms with van der Waals surface area (Å²) in [5.41, 5.74) is 1.93. The molecule has 3 aromatic rings. The second-order valence-corrected chi connectivity index (χ2v) is 6.76. The summed E-state index contributed by atoms with van der Waals surface area (Å²) in [5.74, 6) is -0.920. The molecule has 1 aliphatic rings. The van der Waals surface area contributed by atoms with Gasteiger partial charge in [-0.1, -0.05) is 6.07 Å². The van der Waals surface area contributed by atoms with Crippen molar-refractivity contribution in [1.29, 1.82) is 0 Å². The van der Waals surface area contributed by atoms with Gasteiger partial charge in [-0.2, -0.15) is 5.10 Å². The summed E-state index contributed by atoms with van der Waals surface area (Å²) in [5, 5.41) is 6.92. The molecule has 1 N–H and O–H groups in total. The summed E-state index contributed by atoms with van der Waals surface area (Å²) < 4.78 is 15.2. The molecule has 1 aromatic carbocycles. The fraction of sp³-hybridized carbons (Fsp3) is 0.300. The van der Waals surface area contributed by atoms with Crippen molar-refractivity contribution in [2.75, 3.05) is 13.6 Å². The number of carbonyl (C=O) groups excluding carboxylic acids is 2. The number of halogens is 1. The van der Waals surface area contributed by atoms with Crippen molar-refractivity contribution in [3.63, 3.8) is 0 Å². The molecule has 1 aliphatic heterocycles. The predicted molar refractivity (Wildman–Crippen MR) is 100 cm³/mol. The molecule has 28 heavy (non-hydrogen) atoms. The fourth-order valence-corrected chi connectivity index (χ4v) is 3.73. The number of hydrogen-bond acceptors (Lipinski definition) is 4. The lowest BCUT2D eigenvalue weighted by Gasteiger charge is -2.36. The second kappa shape index (κ2) is 7.38. The largest absolute Gasteiger partial charge is 0.355 e. The van der Waals surface area contributed by atoms with E-state index in [1.54, 1.807) is 28.7 Å². The first-order chi connectivity index (χ1) is 13.6. The molecule has 0 saturated carbocycles. The van der Waals surface area contributed by atoms with Gasteiger partial charge in [0.15, 0.2) is 5.65 Å². The number of amides is 2. The Morgan fingerprint density at radius 2 is 2.11 bits per heavy atom. The van der Waals surface area contributed by atoms with Crippen LogP contribution in [0.2, 0.25) is 0 Å². The van der Waals surface area contributed by atoms with Gasteiger partial charge >= 0.3 is 0 Å². The van der Waals surface area contributed by atoms with Crippen LogP contribution in [-0.2, 0) is 0 Å². The molecule has 4 rings (SSSR count). The highest BCUT2D eigenvalue weighted by molar-refractivity contribution is 5.99. The van der Waals surface area contributed by atoms with Gasteiger partial charge in [-0.3, -0.25) is 9.59 Å². The molecule has 2 amide bonds. The summed E-state index contributed by atoms with van der Waals surface area (Å²) in [7, 11) is 1.55. The first-order valence-corrected chi connectivity index (χ1v) is 9.21. The maximum Gasteiger partial charge on any atom is 0.256 e. The molecular formula is C20H20FN5O2. The van der Waals surface area contributed by atoms with Crippen LogP contribution in [0.3, 0.4) is 0 Å². The minimum atomic E-state index is -0.437. The highest BCUT2D eigenvalue weighted by atomic mass is 19.1. The van der Waals surface area contributed by atoms with Crippen LogP contribution in [0.25, 0.3) is 5.65 Å². The number of benzene rings is 1. The molecule has 0 unspecified atom stereocenters. The number of fused-ring (bicyclic) bond motifs is 1. The SMILES string of the molecule is CNC(=O)c1cnn2c([C@@H]3CCCCN3C(=O)c3cccc(F)c3)ccnc12. The molecule has 3 heterocycles.